The standard InChI is InChI=1S/C12H17N3O4/c1-9(2)12(18)19-8-11(17)14-4-6-15-5-3-13-10(15)7-16/h7H,1,3-6,8H2,2H3,(H,14,17). The summed E-state index contributed by atoms with van der Waals surface area (Å²) in [4.78, 5) is 38.8. The first-order chi connectivity index (χ1) is 9.04. The van der Waals surface area contributed by atoms with Gasteiger partial charge in [0.05, 0.1) is 6.54 Å². The molecule has 1 heterocycles. The Morgan fingerprint density at radius 2 is 2.32 bits per heavy atom. The molecule has 1 aliphatic heterocycles. The molecular formula is C12H17N3O4. The van der Waals surface area contributed by atoms with Crippen molar-refractivity contribution in [1.29, 1.82) is 0 Å². The number of carbonyl (C=O) groups excluding carboxylic acids is 3. The van der Waals surface area contributed by atoms with Gasteiger partial charge in [-0.1, -0.05) is 6.58 Å². The molecule has 0 spiro atoms. The van der Waals surface area contributed by atoms with Gasteiger partial charge in [-0.05, 0) is 6.92 Å². The van der Waals surface area contributed by atoms with E-state index in [1.165, 1.54) is 6.92 Å². The van der Waals surface area contributed by atoms with Crippen LogP contribution in [0, 0.1) is 0 Å². The number of hydrogen-bond donors (Lipinski definition) is 1. The van der Waals surface area contributed by atoms with Gasteiger partial charge in [-0.25, -0.2) is 4.79 Å². The maximum atomic E-state index is 11.4. The third kappa shape index (κ3) is 4.90. The summed E-state index contributed by atoms with van der Waals surface area (Å²) in [5, 5.41) is 2.59. The van der Waals surface area contributed by atoms with Crippen molar-refractivity contribution in [1.82, 2.24) is 10.2 Å². The predicted octanol–water partition coefficient (Wildman–Crippen LogP) is -0.865. The van der Waals surface area contributed by atoms with Gasteiger partial charge in [0.25, 0.3) is 5.91 Å². The number of ether oxygens (including phenoxy) is 1. The van der Waals surface area contributed by atoms with Gasteiger partial charge in [0.15, 0.2) is 18.7 Å². The average Bonchev–Trinajstić information content (AvgIpc) is 2.83. The van der Waals surface area contributed by atoms with E-state index in [0.29, 0.717) is 38.3 Å². The lowest BCUT2D eigenvalue weighted by atomic mass is 10.4. The number of esters is 1. The second-order valence-electron chi connectivity index (χ2n) is 4.05. The third-order valence-corrected chi connectivity index (χ3v) is 2.46. The fraction of sp³-hybridized carbons (Fsp3) is 0.500. The Balaban J connectivity index is 2.17. The van der Waals surface area contributed by atoms with Crippen molar-refractivity contribution in [2.24, 2.45) is 4.99 Å². The maximum absolute atomic E-state index is 11.4. The molecule has 0 atom stereocenters. The normalized spacial score (nSPS) is 13.7. The minimum absolute atomic E-state index is 0.247. The molecule has 0 saturated carbocycles. The third-order valence-electron chi connectivity index (χ3n) is 2.46. The lowest BCUT2D eigenvalue weighted by molar-refractivity contribution is -0.144. The lowest BCUT2D eigenvalue weighted by Gasteiger charge is -2.17. The van der Waals surface area contributed by atoms with Crippen LogP contribution in [0.4, 0.5) is 0 Å². The van der Waals surface area contributed by atoms with Gasteiger partial charge >= 0.3 is 5.97 Å². The molecule has 1 aliphatic rings. The van der Waals surface area contributed by atoms with Crippen LogP contribution in [0.5, 0.6) is 0 Å². The fourth-order valence-electron chi connectivity index (χ4n) is 1.47. The zero-order valence-electron chi connectivity index (χ0n) is 10.8. The van der Waals surface area contributed by atoms with E-state index in [-0.39, 0.29) is 12.2 Å². The van der Waals surface area contributed by atoms with Crippen molar-refractivity contribution < 1.29 is 19.1 Å². The highest BCUT2D eigenvalue weighted by atomic mass is 16.5. The Kier molecular flexibility index (Phi) is 5.72. The highest BCUT2D eigenvalue weighted by Gasteiger charge is 2.15. The minimum atomic E-state index is -0.593. The average molecular weight is 267 g/mol. The smallest absolute Gasteiger partial charge is 0.333 e. The van der Waals surface area contributed by atoms with Crippen LogP contribution in [0.2, 0.25) is 0 Å². The summed E-state index contributed by atoms with van der Waals surface area (Å²) in [6.45, 7) is 6.71. The Morgan fingerprint density at radius 3 is 2.95 bits per heavy atom. The molecule has 0 aromatic carbocycles. The van der Waals surface area contributed by atoms with Gasteiger partial charge in [-0.3, -0.25) is 14.6 Å². The van der Waals surface area contributed by atoms with Crippen LogP contribution in [0.25, 0.3) is 0 Å². The van der Waals surface area contributed by atoms with Crippen molar-refractivity contribution in [3.63, 3.8) is 0 Å². The molecule has 0 radical (unpaired) electrons. The Labute approximate surface area is 111 Å². The molecule has 0 aromatic rings. The van der Waals surface area contributed by atoms with Gasteiger partial charge < -0.3 is 15.0 Å². The van der Waals surface area contributed by atoms with E-state index in [1.807, 2.05) is 0 Å². The van der Waals surface area contributed by atoms with Crippen molar-refractivity contribution >= 4 is 24.0 Å². The van der Waals surface area contributed by atoms with E-state index in [2.05, 4.69) is 21.6 Å². The quantitative estimate of drug-likeness (QED) is 0.368. The Morgan fingerprint density at radius 1 is 1.58 bits per heavy atom. The molecule has 1 rings (SSSR count). The number of aliphatic imine (C=N–C) groups is 1. The highest BCUT2D eigenvalue weighted by Crippen LogP contribution is 1.98. The number of amidine groups is 1. The van der Waals surface area contributed by atoms with E-state index in [9.17, 15) is 14.4 Å². The SMILES string of the molecule is C=C(C)C(=O)OCC(=O)NCCN1CCN=C1C=O. The van der Waals surface area contributed by atoms with Gasteiger partial charge in [-0.15, -0.1) is 0 Å². The van der Waals surface area contributed by atoms with Gasteiger partial charge in [0, 0.05) is 25.2 Å². The molecule has 7 nitrogen and oxygen atoms in total. The molecule has 104 valence electrons. The first-order valence-electron chi connectivity index (χ1n) is 5.88. The molecule has 0 bridgehead atoms. The minimum Gasteiger partial charge on any atom is -0.452 e. The van der Waals surface area contributed by atoms with Crippen molar-refractivity contribution in [3.8, 4) is 0 Å². The van der Waals surface area contributed by atoms with E-state index in [1.54, 1.807) is 4.90 Å². The van der Waals surface area contributed by atoms with Crippen molar-refractivity contribution in [2.45, 2.75) is 6.92 Å². The van der Waals surface area contributed by atoms with E-state index in [0.717, 1.165) is 0 Å². The van der Waals surface area contributed by atoms with Gasteiger partial charge in [-0.2, -0.15) is 0 Å². The molecule has 0 fully saturated rings. The van der Waals surface area contributed by atoms with Crippen LogP contribution in [0.1, 0.15) is 6.92 Å². The van der Waals surface area contributed by atoms with E-state index in [4.69, 9.17) is 0 Å². The molecule has 19 heavy (non-hydrogen) atoms. The summed E-state index contributed by atoms with van der Waals surface area (Å²) in [5.41, 5.74) is 0.247. The Bertz CT molecular complexity index is 417. The summed E-state index contributed by atoms with van der Waals surface area (Å²) >= 11 is 0. The molecule has 1 N–H and O–H groups in total. The largest absolute Gasteiger partial charge is 0.452 e. The predicted molar refractivity (Wildman–Crippen MR) is 68.7 cm³/mol. The van der Waals surface area contributed by atoms with Gasteiger partial charge in [0.2, 0.25) is 0 Å². The summed E-state index contributed by atoms with van der Waals surface area (Å²) in [5.74, 6) is -0.577. The van der Waals surface area contributed by atoms with Gasteiger partial charge in [0.1, 0.15) is 0 Å². The number of nitrogens with one attached hydrogen (secondary N) is 1. The van der Waals surface area contributed by atoms with Crippen LogP contribution in [-0.4, -0.2) is 61.7 Å². The molecular weight excluding hydrogens is 250 g/mol. The summed E-state index contributed by atoms with van der Waals surface area (Å²) in [6.07, 6.45) is 0.698. The van der Waals surface area contributed by atoms with Crippen LogP contribution < -0.4 is 5.32 Å². The van der Waals surface area contributed by atoms with E-state index < -0.39 is 11.9 Å². The zero-order valence-corrected chi connectivity index (χ0v) is 10.8. The second kappa shape index (κ2) is 7.30. The second-order valence-corrected chi connectivity index (χ2v) is 4.05. The number of amides is 1. The summed E-state index contributed by atoms with van der Waals surface area (Å²) in [6, 6.07) is 0. The summed E-state index contributed by atoms with van der Waals surface area (Å²) < 4.78 is 4.69. The van der Waals surface area contributed by atoms with Crippen molar-refractivity contribution in [3.05, 3.63) is 12.2 Å². The first-order valence-corrected chi connectivity index (χ1v) is 5.88. The molecule has 0 unspecified atom stereocenters. The highest BCUT2D eigenvalue weighted by molar-refractivity contribution is 6.27. The topological polar surface area (TPSA) is 88.1 Å². The molecule has 7 heteroatoms. The lowest BCUT2D eigenvalue weighted by Crippen LogP contribution is -2.38. The monoisotopic (exact) mass is 267 g/mol. The maximum Gasteiger partial charge on any atom is 0.333 e. The van der Waals surface area contributed by atoms with E-state index >= 15 is 0 Å². The van der Waals surface area contributed by atoms with Crippen LogP contribution in [0.3, 0.4) is 0 Å². The van der Waals surface area contributed by atoms with Crippen LogP contribution in [-0.2, 0) is 19.1 Å². The number of nitrogens with zero attached hydrogens (tertiary/aromatic N) is 2. The zero-order chi connectivity index (χ0) is 14.3. The molecule has 0 saturated heterocycles. The number of aldehydes is 1. The first kappa shape index (κ1) is 14.9. The fourth-order valence-corrected chi connectivity index (χ4v) is 1.47. The van der Waals surface area contributed by atoms with Crippen LogP contribution in [0.15, 0.2) is 17.1 Å². The number of rotatable bonds is 7. The Hall–Kier alpha value is -2.18. The van der Waals surface area contributed by atoms with Crippen molar-refractivity contribution in [2.75, 3.05) is 32.8 Å². The number of carbonyl (C=O) groups is 3. The summed E-state index contributed by atoms with van der Waals surface area (Å²) in [7, 11) is 0. The molecule has 1 amide bonds. The molecule has 0 aliphatic carbocycles. The molecule has 0 aromatic heterocycles. The van der Waals surface area contributed by atoms with Crippen LogP contribution >= 0.6 is 0 Å². The number of hydrogen-bond acceptors (Lipinski definition) is 6.